The van der Waals surface area contributed by atoms with Gasteiger partial charge in [0, 0.05) is 12.0 Å². The Labute approximate surface area is 158 Å². The summed E-state index contributed by atoms with van der Waals surface area (Å²) in [5.41, 5.74) is 2.30. The van der Waals surface area contributed by atoms with Crippen LogP contribution in [0, 0.1) is 5.92 Å². The summed E-state index contributed by atoms with van der Waals surface area (Å²) in [6, 6.07) is 18.1. The Kier molecular flexibility index (Phi) is 6.85. The fourth-order valence-electron chi connectivity index (χ4n) is 3.28. The van der Waals surface area contributed by atoms with Gasteiger partial charge in [-0.1, -0.05) is 56.3 Å². The minimum Gasteiger partial charge on any atom is -0.508 e. The van der Waals surface area contributed by atoms with Gasteiger partial charge in [-0.2, -0.15) is 5.06 Å². The van der Waals surface area contributed by atoms with Gasteiger partial charge in [-0.3, -0.25) is 4.84 Å². The largest absolute Gasteiger partial charge is 0.508 e. The van der Waals surface area contributed by atoms with Crippen molar-refractivity contribution in [2.45, 2.75) is 65.6 Å². The zero-order valence-electron chi connectivity index (χ0n) is 16.9. The molecule has 2 unspecified atom stereocenters. The predicted molar refractivity (Wildman–Crippen MR) is 108 cm³/mol. The molecule has 142 valence electrons. The van der Waals surface area contributed by atoms with Gasteiger partial charge < -0.3 is 5.11 Å². The summed E-state index contributed by atoms with van der Waals surface area (Å²) in [5.74, 6) is 0.708. The molecule has 0 aliphatic carbocycles. The maximum Gasteiger partial charge on any atom is 0.115 e. The van der Waals surface area contributed by atoms with Crippen LogP contribution >= 0.6 is 0 Å². The predicted octanol–water partition coefficient (Wildman–Crippen LogP) is 5.75. The van der Waals surface area contributed by atoms with E-state index in [4.69, 9.17) is 4.84 Å². The maximum atomic E-state index is 9.46. The Morgan fingerprint density at radius 3 is 2.00 bits per heavy atom. The van der Waals surface area contributed by atoms with E-state index < -0.39 is 0 Å². The van der Waals surface area contributed by atoms with E-state index in [1.54, 1.807) is 12.1 Å². The van der Waals surface area contributed by atoms with E-state index in [1.165, 1.54) is 5.56 Å². The molecule has 0 saturated carbocycles. The highest BCUT2D eigenvalue weighted by Gasteiger charge is 2.34. The van der Waals surface area contributed by atoms with Crippen LogP contribution in [0.15, 0.2) is 54.6 Å². The molecular formula is C23H33NO2. The van der Waals surface area contributed by atoms with Crippen molar-refractivity contribution < 1.29 is 9.94 Å². The van der Waals surface area contributed by atoms with Crippen LogP contribution in [-0.2, 0) is 11.3 Å². The van der Waals surface area contributed by atoms with Crippen LogP contribution in [0.2, 0.25) is 0 Å². The lowest BCUT2D eigenvalue weighted by molar-refractivity contribution is -0.269. The van der Waals surface area contributed by atoms with Crippen molar-refractivity contribution in [1.29, 1.82) is 0 Å². The smallest absolute Gasteiger partial charge is 0.115 e. The van der Waals surface area contributed by atoms with Gasteiger partial charge in [-0.15, -0.1) is 0 Å². The number of hydrogen-bond donors (Lipinski definition) is 1. The van der Waals surface area contributed by atoms with Crippen LogP contribution in [0.25, 0.3) is 0 Å². The minimum absolute atomic E-state index is 0.0312. The number of hydroxylamine groups is 2. The molecule has 0 aromatic heterocycles. The van der Waals surface area contributed by atoms with Gasteiger partial charge in [-0.25, -0.2) is 0 Å². The van der Waals surface area contributed by atoms with Crippen molar-refractivity contribution in [2.24, 2.45) is 5.92 Å². The average Bonchev–Trinajstić information content (AvgIpc) is 2.56. The highest BCUT2D eigenvalue weighted by atomic mass is 16.7. The van der Waals surface area contributed by atoms with E-state index in [1.807, 2.05) is 12.1 Å². The molecule has 0 aliphatic rings. The van der Waals surface area contributed by atoms with E-state index in [2.05, 4.69) is 76.9 Å². The fourth-order valence-corrected chi connectivity index (χ4v) is 3.28. The first-order valence-corrected chi connectivity index (χ1v) is 9.47. The molecule has 2 atom stereocenters. The maximum absolute atomic E-state index is 9.46. The molecule has 0 aliphatic heterocycles. The first-order chi connectivity index (χ1) is 12.2. The summed E-state index contributed by atoms with van der Waals surface area (Å²) >= 11 is 0. The fraction of sp³-hybridized carbons (Fsp3) is 0.478. The van der Waals surface area contributed by atoms with Gasteiger partial charge in [0.15, 0.2) is 0 Å². The molecule has 2 rings (SSSR count). The molecule has 26 heavy (non-hydrogen) atoms. The molecular weight excluding hydrogens is 322 g/mol. The summed E-state index contributed by atoms with van der Waals surface area (Å²) in [5, 5.41) is 11.6. The number of nitrogens with zero attached hydrogens (tertiary/aromatic N) is 1. The lowest BCUT2D eigenvalue weighted by Crippen LogP contribution is -2.47. The molecule has 2 aromatic carbocycles. The second-order valence-electron chi connectivity index (χ2n) is 8.38. The van der Waals surface area contributed by atoms with Gasteiger partial charge in [0.2, 0.25) is 0 Å². The van der Waals surface area contributed by atoms with Gasteiger partial charge in [0.25, 0.3) is 0 Å². The third kappa shape index (κ3) is 5.58. The van der Waals surface area contributed by atoms with E-state index >= 15 is 0 Å². The molecule has 0 radical (unpaired) electrons. The van der Waals surface area contributed by atoms with E-state index in [0.29, 0.717) is 11.7 Å². The molecule has 3 heteroatoms. The SMILES string of the molecule is CC(Cc1ccc(O)cc1)ON(C(c1ccccc1)C(C)C)C(C)(C)C. The molecule has 1 N–H and O–H groups in total. The summed E-state index contributed by atoms with van der Waals surface area (Å²) in [4.78, 5) is 6.50. The normalized spacial score (nSPS) is 14.6. The topological polar surface area (TPSA) is 32.7 Å². The molecule has 0 amide bonds. The molecule has 2 aromatic rings. The number of aromatic hydroxyl groups is 1. The standard InChI is InChI=1S/C23H33NO2/c1-17(2)22(20-10-8-7-9-11-20)24(23(4,5)6)26-18(3)16-19-12-14-21(25)15-13-19/h7-15,17-18,22,25H,16H2,1-6H3. The number of hydrogen-bond acceptors (Lipinski definition) is 3. The first kappa shape index (κ1) is 20.5. The third-order valence-corrected chi connectivity index (χ3v) is 4.44. The zero-order chi connectivity index (χ0) is 19.3. The molecule has 0 fully saturated rings. The monoisotopic (exact) mass is 355 g/mol. The quantitative estimate of drug-likeness (QED) is 0.642. The van der Waals surface area contributed by atoms with Crippen LogP contribution in [-0.4, -0.2) is 21.8 Å². The number of phenols is 1. The molecule has 0 spiro atoms. The van der Waals surface area contributed by atoms with E-state index in [0.717, 1.165) is 12.0 Å². The van der Waals surface area contributed by atoms with Crippen LogP contribution < -0.4 is 0 Å². The van der Waals surface area contributed by atoms with Crippen molar-refractivity contribution in [3.05, 3.63) is 65.7 Å². The van der Waals surface area contributed by atoms with E-state index in [-0.39, 0.29) is 17.7 Å². The number of phenolic OH excluding ortho intramolecular Hbond substituents is 1. The average molecular weight is 356 g/mol. The van der Waals surface area contributed by atoms with Gasteiger partial charge in [-0.05, 0) is 56.9 Å². The molecule has 0 bridgehead atoms. The first-order valence-electron chi connectivity index (χ1n) is 9.47. The number of benzene rings is 2. The highest BCUT2D eigenvalue weighted by Crippen LogP contribution is 2.35. The van der Waals surface area contributed by atoms with Gasteiger partial charge >= 0.3 is 0 Å². The summed E-state index contributed by atoms with van der Waals surface area (Å²) in [6.45, 7) is 13.2. The Morgan fingerprint density at radius 1 is 0.923 bits per heavy atom. The van der Waals surface area contributed by atoms with E-state index in [9.17, 15) is 5.11 Å². The lowest BCUT2D eigenvalue weighted by atomic mass is 9.92. The van der Waals surface area contributed by atoms with Crippen LogP contribution in [0.5, 0.6) is 5.75 Å². The van der Waals surface area contributed by atoms with Crippen LogP contribution in [0.3, 0.4) is 0 Å². The van der Waals surface area contributed by atoms with Gasteiger partial charge in [0.1, 0.15) is 5.75 Å². The Bertz CT molecular complexity index is 659. The molecule has 3 nitrogen and oxygen atoms in total. The highest BCUT2D eigenvalue weighted by molar-refractivity contribution is 5.26. The summed E-state index contributed by atoms with van der Waals surface area (Å²) in [6.07, 6.45) is 0.829. The zero-order valence-corrected chi connectivity index (χ0v) is 16.9. The van der Waals surface area contributed by atoms with Crippen LogP contribution in [0.1, 0.15) is 58.7 Å². The van der Waals surface area contributed by atoms with Crippen molar-refractivity contribution in [3.63, 3.8) is 0 Å². The second-order valence-corrected chi connectivity index (χ2v) is 8.38. The van der Waals surface area contributed by atoms with Gasteiger partial charge in [0.05, 0.1) is 12.1 Å². The lowest BCUT2D eigenvalue weighted by Gasteiger charge is -2.44. The summed E-state index contributed by atoms with van der Waals surface area (Å²) in [7, 11) is 0. The van der Waals surface area contributed by atoms with Crippen molar-refractivity contribution in [1.82, 2.24) is 5.06 Å². The molecule has 0 heterocycles. The second kappa shape index (κ2) is 8.70. The summed E-state index contributed by atoms with van der Waals surface area (Å²) < 4.78 is 0. The number of rotatable bonds is 7. The Balaban J connectivity index is 2.21. The Morgan fingerprint density at radius 2 is 1.50 bits per heavy atom. The Hall–Kier alpha value is -1.84. The minimum atomic E-state index is -0.131. The van der Waals surface area contributed by atoms with Crippen LogP contribution in [0.4, 0.5) is 0 Å². The molecule has 0 saturated heterocycles. The van der Waals surface area contributed by atoms with Crippen molar-refractivity contribution in [2.75, 3.05) is 0 Å². The van der Waals surface area contributed by atoms with Crippen molar-refractivity contribution in [3.8, 4) is 5.75 Å². The third-order valence-electron chi connectivity index (χ3n) is 4.44. The van der Waals surface area contributed by atoms with Crippen molar-refractivity contribution >= 4 is 0 Å².